The van der Waals surface area contributed by atoms with Gasteiger partial charge in [-0.2, -0.15) is 0 Å². The van der Waals surface area contributed by atoms with Crippen molar-refractivity contribution >= 4 is 35.0 Å². The molecule has 100 valence electrons. The highest BCUT2D eigenvalue weighted by atomic mass is 35.5. The van der Waals surface area contributed by atoms with Gasteiger partial charge < -0.3 is 16.4 Å². The van der Waals surface area contributed by atoms with Crippen molar-refractivity contribution in [1.29, 1.82) is 0 Å². The van der Waals surface area contributed by atoms with Crippen LogP contribution in [0.1, 0.15) is 16.8 Å². The molecule has 0 spiro atoms. The molecule has 1 aromatic rings. The van der Waals surface area contributed by atoms with Crippen LogP contribution in [0.4, 0.5) is 5.69 Å². The Hall–Kier alpha value is -2.08. The van der Waals surface area contributed by atoms with Crippen molar-refractivity contribution < 1.29 is 14.4 Å². The minimum Gasteiger partial charge on any atom is -0.369 e. The van der Waals surface area contributed by atoms with Crippen LogP contribution in [-0.2, 0) is 9.59 Å². The minimum absolute atomic E-state index is 0.0481. The fraction of sp³-hybridized carbons (Fsp3) is 0.250. The van der Waals surface area contributed by atoms with Gasteiger partial charge in [0.05, 0.1) is 16.6 Å². The van der Waals surface area contributed by atoms with Gasteiger partial charge in [0.2, 0.25) is 17.7 Å². The lowest BCUT2D eigenvalue weighted by atomic mass is 10.1. The number of nitrogens with zero attached hydrogens (tertiary/aromatic N) is 1. The zero-order valence-corrected chi connectivity index (χ0v) is 10.7. The molecule has 6 nitrogen and oxygen atoms in total. The van der Waals surface area contributed by atoms with Crippen LogP contribution < -0.4 is 16.4 Å². The third kappa shape index (κ3) is 2.53. The summed E-state index contributed by atoms with van der Waals surface area (Å²) < 4.78 is 0. The molecule has 0 bridgehead atoms. The number of amides is 3. The summed E-state index contributed by atoms with van der Waals surface area (Å²) in [6.45, 7) is 0.163. The molecule has 1 saturated heterocycles. The number of primary amides is 2. The van der Waals surface area contributed by atoms with E-state index in [2.05, 4.69) is 0 Å². The predicted octanol–water partition coefficient (Wildman–Crippen LogP) is 0.277. The normalized spacial score (nSPS) is 18.7. The third-order valence-corrected chi connectivity index (χ3v) is 3.37. The van der Waals surface area contributed by atoms with Gasteiger partial charge in [-0.3, -0.25) is 14.4 Å². The monoisotopic (exact) mass is 281 g/mol. The van der Waals surface area contributed by atoms with E-state index in [-0.39, 0.29) is 24.4 Å². The van der Waals surface area contributed by atoms with Gasteiger partial charge in [-0.25, -0.2) is 0 Å². The molecule has 1 heterocycles. The Morgan fingerprint density at radius 1 is 1.32 bits per heavy atom. The summed E-state index contributed by atoms with van der Waals surface area (Å²) in [6.07, 6.45) is 0.0481. The molecule has 2 rings (SSSR count). The number of rotatable bonds is 3. The van der Waals surface area contributed by atoms with Gasteiger partial charge in [0.15, 0.2) is 0 Å². The Morgan fingerprint density at radius 2 is 2.00 bits per heavy atom. The van der Waals surface area contributed by atoms with E-state index in [0.717, 1.165) is 0 Å². The summed E-state index contributed by atoms with van der Waals surface area (Å²) in [6, 6.07) is 4.40. The molecule has 19 heavy (non-hydrogen) atoms. The van der Waals surface area contributed by atoms with E-state index in [9.17, 15) is 14.4 Å². The molecule has 7 heteroatoms. The summed E-state index contributed by atoms with van der Waals surface area (Å²) in [7, 11) is 0. The van der Waals surface area contributed by atoms with E-state index < -0.39 is 17.7 Å². The number of anilines is 1. The molecule has 1 fully saturated rings. The fourth-order valence-corrected chi connectivity index (χ4v) is 2.22. The maximum absolute atomic E-state index is 11.9. The zero-order valence-electron chi connectivity index (χ0n) is 9.93. The molecule has 1 aliphatic heterocycles. The van der Waals surface area contributed by atoms with E-state index in [1.807, 2.05) is 0 Å². The quantitative estimate of drug-likeness (QED) is 0.831. The Bertz CT molecular complexity index is 573. The number of nitrogens with two attached hydrogens (primary N) is 2. The van der Waals surface area contributed by atoms with E-state index in [1.54, 1.807) is 0 Å². The third-order valence-electron chi connectivity index (χ3n) is 3.05. The largest absolute Gasteiger partial charge is 0.369 e. The van der Waals surface area contributed by atoms with E-state index >= 15 is 0 Å². The fourth-order valence-electron chi connectivity index (χ4n) is 2.00. The summed E-state index contributed by atoms with van der Waals surface area (Å²) in [5.41, 5.74) is 11.0. The topological polar surface area (TPSA) is 106 Å². The average Bonchev–Trinajstić information content (AvgIpc) is 2.72. The highest BCUT2D eigenvalue weighted by Crippen LogP contribution is 2.32. The Balaban J connectivity index is 2.36. The molecular formula is C12H12ClN3O3. The van der Waals surface area contributed by atoms with Crippen LogP contribution in [-0.4, -0.2) is 24.3 Å². The van der Waals surface area contributed by atoms with E-state index in [0.29, 0.717) is 10.7 Å². The molecule has 0 saturated carbocycles. The average molecular weight is 282 g/mol. The van der Waals surface area contributed by atoms with Crippen molar-refractivity contribution in [3.8, 4) is 0 Å². The summed E-state index contributed by atoms with van der Waals surface area (Å²) in [5.74, 6) is -1.94. The first-order valence-corrected chi connectivity index (χ1v) is 5.97. The number of carbonyl (C=O) groups is 3. The summed E-state index contributed by atoms with van der Waals surface area (Å²) in [4.78, 5) is 35.5. The molecule has 1 aromatic carbocycles. The van der Waals surface area contributed by atoms with Crippen LogP contribution in [0, 0.1) is 5.92 Å². The highest BCUT2D eigenvalue weighted by molar-refractivity contribution is 6.34. The molecule has 0 aliphatic carbocycles. The Labute approximate surface area is 114 Å². The van der Waals surface area contributed by atoms with Crippen molar-refractivity contribution in [2.24, 2.45) is 17.4 Å². The van der Waals surface area contributed by atoms with Crippen molar-refractivity contribution in [2.45, 2.75) is 6.42 Å². The van der Waals surface area contributed by atoms with Crippen LogP contribution >= 0.6 is 11.6 Å². The maximum atomic E-state index is 11.9. The molecule has 0 aromatic heterocycles. The number of halogens is 1. The van der Waals surface area contributed by atoms with Crippen molar-refractivity contribution in [3.05, 3.63) is 28.8 Å². The van der Waals surface area contributed by atoms with Crippen molar-refractivity contribution in [2.75, 3.05) is 11.4 Å². The lowest BCUT2D eigenvalue weighted by molar-refractivity contribution is -0.123. The smallest absolute Gasteiger partial charge is 0.248 e. The number of hydrogen-bond donors (Lipinski definition) is 2. The van der Waals surface area contributed by atoms with Crippen LogP contribution in [0.5, 0.6) is 0 Å². The predicted molar refractivity (Wildman–Crippen MR) is 69.6 cm³/mol. The SMILES string of the molecule is NC(=O)c1ccc(Cl)c(N2C[C@H](C(N)=O)CC2=O)c1. The lowest BCUT2D eigenvalue weighted by Gasteiger charge is -2.18. The van der Waals surface area contributed by atoms with Gasteiger partial charge in [-0.1, -0.05) is 11.6 Å². The second kappa shape index (κ2) is 4.89. The van der Waals surface area contributed by atoms with Gasteiger partial charge in [0.25, 0.3) is 0 Å². The zero-order chi connectivity index (χ0) is 14.2. The first-order valence-electron chi connectivity index (χ1n) is 5.59. The van der Waals surface area contributed by atoms with Crippen molar-refractivity contribution in [1.82, 2.24) is 0 Å². The number of benzene rings is 1. The molecule has 0 unspecified atom stereocenters. The molecule has 1 aliphatic rings. The van der Waals surface area contributed by atoms with Crippen LogP contribution in [0.3, 0.4) is 0 Å². The summed E-state index contributed by atoms with van der Waals surface area (Å²) >= 11 is 6.01. The number of hydrogen-bond acceptors (Lipinski definition) is 3. The molecule has 1 atom stereocenters. The molecule has 4 N–H and O–H groups in total. The second-order valence-electron chi connectivity index (χ2n) is 4.34. The van der Waals surface area contributed by atoms with Gasteiger partial charge in [0, 0.05) is 18.5 Å². The van der Waals surface area contributed by atoms with Crippen molar-refractivity contribution in [3.63, 3.8) is 0 Å². The van der Waals surface area contributed by atoms with Gasteiger partial charge in [-0.15, -0.1) is 0 Å². The number of carbonyl (C=O) groups excluding carboxylic acids is 3. The van der Waals surface area contributed by atoms with E-state index in [4.69, 9.17) is 23.1 Å². The Kier molecular flexibility index (Phi) is 3.44. The van der Waals surface area contributed by atoms with Gasteiger partial charge in [0.1, 0.15) is 0 Å². The molecular weight excluding hydrogens is 270 g/mol. The van der Waals surface area contributed by atoms with Gasteiger partial charge in [-0.05, 0) is 18.2 Å². The van der Waals surface area contributed by atoms with Crippen LogP contribution in [0.2, 0.25) is 5.02 Å². The minimum atomic E-state index is -0.615. The maximum Gasteiger partial charge on any atom is 0.248 e. The summed E-state index contributed by atoms with van der Waals surface area (Å²) in [5, 5.41) is 0.309. The van der Waals surface area contributed by atoms with E-state index in [1.165, 1.54) is 23.1 Å². The van der Waals surface area contributed by atoms with Crippen LogP contribution in [0.25, 0.3) is 0 Å². The second-order valence-corrected chi connectivity index (χ2v) is 4.75. The lowest BCUT2D eigenvalue weighted by Crippen LogP contribution is -2.28. The van der Waals surface area contributed by atoms with Crippen LogP contribution in [0.15, 0.2) is 18.2 Å². The first-order chi connectivity index (χ1) is 8.90. The standard InChI is InChI=1S/C12H12ClN3O3/c13-8-2-1-6(11(14)18)3-9(8)16-5-7(12(15)19)4-10(16)17/h1-3,7H,4-5H2,(H2,14,18)(H2,15,19)/t7-/m1/s1. The highest BCUT2D eigenvalue weighted by Gasteiger charge is 2.34. The Morgan fingerprint density at radius 3 is 2.53 bits per heavy atom. The van der Waals surface area contributed by atoms with Gasteiger partial charge >= 0.3 is 0 Å². The molecule has 0 radical (unpaired) electrons. The molecule has 3 amide bonds. The first kappa shape index (κ1) is 13.4.